The minimum Gasteiger partial charge on any atom is -0.469 e. The number of nitrogens with one attached hydrogen (secondary N) is 1. The van der Waals surface area contributed by atoms with Crippen molar-refractivity contribution in [3.05, 3.63) is 46.9 Å². The summed E-state index contributed by atoms with van der Waals surface area (Å²) in [7, 11) is 0. The van der Waals surface area contributed by atoms with Crippen molar-refractivity contribution in [2.45, 2.75) is 38.9 Å². The Morgan fingerprint density at radius 3 is 2.81 bits per heavy atom. The molecule has 1 N–H and O–H groups in total. The first kappa shape index (κ1) is 19.5. The Morgan fingerprint density at radius 2 is 2.11 bits per heavy atom. The van der Waals surface area contributed by atoms with Gasteiger partial charge in [0.1, 0.15) is 5.76 Å². The molecule has 3 aromatic rings. The van der Waals surface area contributed by atoms with Crippen LogP contribution in [-0.4, -0.2) is 26.4 Å². The second kappa shape index (κ2) is 8.63. The average molecular weight is 405 g/mol. The van der Waals surface area contributed by atoms with Crippen molar-refractivity contribution in [2.24, 2.45) is 0 Å². The third kappa shape index (κ3) is 4.36. The number of hydrogen-bond acceptors (Lipinski definition) is 5. The van der Waals surface area contributed by atoms with Gasteiger partial charge in [0.05, 0.1) is 17.6 Å². The molecule has 142 valence electrons. The number of nitrogens with zero attached hydrogens (tertiary/aromatic N) is 3. The Bertz CT molecular complexity index is 951. The smallest absolute Gasteiger partial charge is 0.234 e. The first-order valence-electron chi connectivity index (χ1n) is 8.66. The number of hydrogen-bond donors (Lipinski definition) is 1. The third-order valence-electron chi connectivity index (χ3n) is 4.14. The van der Waals surface area contributed by atoms with Crippen LogP contribution in [-0.2, 0) is 11.3 Å². The van der Waals surface area contributed by atoms with E-state index in [2.05, 4.69) is 22.4 Å². The van der Waals surface area contributed by atoms with Gasteiger partial charge in [-0.15, -0.1) is 10.2 Å². The summed E-state index contributed by atoms with van der Waals surface area (Å²) in [5, 5.41) is 12.8. The van der Waals surface area contributed by atoms with Crippen LogP contribution in [0.2, 0.25) is 5.02 Å². The Morgan fingerprint density at radius 1 is 1.30 bits per heavy atom. The van der Waals surface area contributed by atoms with Gasteiger partial charge in [-0.2, -0.15) is 0 Å². The molecule has 6 nitrogen and oxygen atoms in total. The van der Waals surface area contributed by atoms with Crippen LogP contribution in [0.5, 0.6) is 0 Å². The highest BCUT2D eigenvalue weighted by Gasteiger charge is 2.18. The zero-order valence-electron chi connectivity index (χ0n) is 15.5. The molecule has 27 heavy (non-hydrogen) atoms. The third-order valence-corrected chi connectivity index (χ3v) is 5.51. The molecule has 0 aliphatic carbocycles. The fourth-order valence-corrected chi connectivity index (χ4v) is 3.64. The van der Waals surface area contributed by atoms with E-state index in [1.54, 1.807) is 12.3 Å². The molecule has 2 aromatic heterocycles. The summed E-state index contributed by atoms with van der Waals surface area (Å²) >= 11 is 7.47. The molecule has 0 radical (unpaired) electrons. The zero-order valence-corrected chi connectivity index (χ0v) is 17.0. The normalized spacial score (nSPS) is 11.0. The number of aryl methyl sites for hydroxylation is 1. The predicted octanol–water partition coefficient (Wildman–Crippen LogP) is 4.95. The van der Waals surface area contributed by atoms with Crippen molar-refractivity contribution in [1.29, 1.82) is 0 Å². The van der Waals surface area contributed by atoms with Crippen LogP contribution in [0.3, 0.4) is 0 Å². The van der Waals surface area contributed by atoms with Gasteiger partial charge in [0.2, 0.25) is 5.91 Å². The predicted molar refractivity (Wildman–Crippen MR) is 108 cm³/mol. The van der Waals surface area contributed by atoms with Gasteiger partial charge in [-0.1, -0.05) is 36.4 Å². The summed E-state index contributed by atoms with van der Waals surface area (Å²) in [6, 6.07) is 7.33. The molecule has 0 saturated carbocycles. The van der Waals surface area contributed by atoms with E-state index >= 15 is 0 Å². The number of carbonyl (C=O) groups excluding carboxylic acids is 1. The van der Waals surface area contributed by atoms with Crippen molar-refractivity contribution < 1.29 is 9.21 Å². The lowest BCUT2D eigenvalue weighted by molar-refractivity contribution is -0.113. The van der Waals surface area contributed by atoms with E-state index in [-0.39, 0.29) is 11.7 Å². The van der Waals surface area contributed by atoms with Crippen LogP contribution in [0.25, 0.3) is 11.4 Å². The van der Waals surface area contributed by atoms with E-state index in [0.29, 0.717) is 10.2 Å². The molecule has 3 rings (SSSR count). The number of halogens is 1. The lowest BCUT2D eigenvalue weighted by atomic mass is 10.2. The zero-order chi connectivity index (χ0) is 19.4. The highest BCUT2D eigenvalue weighted by atomic mass is 35.5. The van der Waals surface area contributed by atoms with Gasteiger partial charge >= 0.3 is 0 Å². The maximum absolute atomic E-state index is 12.4. The quantitative estimate of drug-likeness (QED) is 0.564. The van der Waals surface area contributed by atoms with E-state index in [0.717, 1.165) is 41.4 Å². The largest absolute Gasteiger partial charge is 0.469 e. The van der Waals surface area contributed by atoms with Gasteiger partial charge in [0.15, 0.2) is 11.0 Å². The summed E-state index contributed by atoms with van der Waals surface area (Å²) in [6.07, 6.45) is 2.58. The Kier molecular flexibility index (Phi) is 6.23. The molecule has 0 atom stereocenters. The van der Waals surface area contributed by atoms with Crippen LogP contribution < -0.4 is 5.32 Å². The lowest BCUT2D eigenvalue weighted by Crippen LogP contribution is -2.15. The molecule has 0 fully saturated rings. The fraction of sp³-hybridized carbons (Fsp3) is 0.316. The minimum absolute atomic E-state index is 0.113. The Balaban J connectivity index is 1.72. The van der Waals surface area contributed by atoms with E-state index in [4.69, 9.17) is 16.0 Å². The lowest BCUT2D eigenvalue weighted by Gasteiger charge is -2.10. The first-order valence-corrected chi connectivity index (χ1v) is 10.0. The molecule has 1 amide bonds. The van der Waals surface area contributed by atoms with Crippen molar-refractivity contribution in [3.8, 4) is 11.4 Å². The SMILES string of the molecule is CCCn1c(SCC(=O)Nc2cccc(Cl)c2C)nnc1-c1ccoc1C. The number of amides is 1. The monoisotopic (exact) mass is 404 g/mol. The summed E-state index contributed by atoms with van der Waals surface area (Å²) in [5.41, 5.74) is 2.49. The second-order valence-corrected chi connectivity index (χ2v) is 7.45. The number of aromatic nitrogens is 3. The molecule has 8 heteroatoms. The first-order chi connectivity index (χ1) is 13.0. The number of carbonyl (C=O) groups is 1. The molecule has 1 aromatic carbocycles. The number of thioether (sulfide) groups is 1. The van der Waals surface area contributed by atoms with Gasteiger partial charge in [0.25, 0.3) is 0 Å². The summed E-state index contributed by atoms with van der Waals surface area (Å²) < 4.78 is 7.41. The highest BCUT2D eigenvalue weighted by Crippen LogP contribution is 2.28. The molecule has 0 saturated heterocycles. The maximum atomic E-state index is 12.4. The minimum atomic E-state index is -0.113. The number of rotatable bonds is 7. The van der Waals surface area contributed by atoms with Gasteiger partial charge in [-0.05, 0) is 44.0 Å². The topological polar surface area (TPSA) is 73.0 Å². The molecule has 0 unspecified atom stereocenters. The molecular weight excluding hydrogens is 384 g/mol. The summed E-state index contributed by atoms with van der Waals surface area (Å²) in [6.45, 7) is 6.63. The molecule has 0 spiro atoms. The van der Waals surface area contributed by atoms with E-state index in [1.165, 1.54) is 11.8 Å². The number of furan rings is 1. The maximum Gasteiger partial charge on any atom is 0.234 e. The molecule has 0 aliphatic rings. The van der Waals surface area contributed by atoms with Crippen LogP contribution in [0, 0.1) is 13.8 Å². The Hall–Kier alpha value is -2.25. The molecular formula is C19H21ClN4O2S. The van der Waals surface area contributed by atoms with Gasteiger partial charge in [-0.3, -0.25) is 4.79 Å². The molecule has 0 aliphatic heterocycles. The molecule has 2 heterocycles. The summed E-state index contributed by atoms with van der Waals surface area (Å²) in [4.78, 5) is 12.4. The van der Waals surface area contributed by atoms with Crippen molar-refractivity contribution in [1.82, 2.24) is 14.8 Å². The average Bonchev–Trinajstić information content (AvgIpc) is 3.23. The number of anilines is 1. The van der Waals surface area contributed by atoms with Crippen LogP contribution in [0.4, 0.5) is 5.69 Å². The summed E-state index contributed by atoms with van der Waals surface area (Å²) in [5.74, 6) is 1.68. The van der Waals surface area contributed by atoms with Crippen molar-refractivity contribution >= 4 is 35.0 Å². The van der Waals surface area contributed by atoms with Crippen molar-refractivity contribution in [2.75, 3.05) is 11.1 Å². The van der Waals surface area contributed by atoms with Gasteiger partial charge in [0, 0.05) is 17.3 Å². The van der Waals surface area contributed by atoms with E-state index < -0.39 is 0 Å². The van der Waals surface area contributed by atoms with E-state index in [1.807, 2.05) is 36.6 Å². The van der Waals surface area contributed by atoms with Crippen LogP contribution in [0.1, 0.15) is 24.7 Å². The highest BCUT2D eigenvalue weighted by molar-refractivity contribution is 7.99. The van der Waals surface area contributed by atoms with Gasteiger partial charge < -0.3 is 14.3 Å². The van der Waals surface area contributed by atoms with Crippen molar-refractivity contribution in [3.63, 3.8) is 0 Å². The second-order valence-electron chi connectivity index (χ2n) is 6.10. The molecule has 0 bridgehead atoms. The fourth-order valence-electron chi connectivity index (χ4n) is 2.70. The Labute approximate surface area is 167 Å². The van der Waals surface area contributed by atoms with E-state index in [9.17, 15) is 4.79 Å². The number of benzene rings is 1. The van der Waals surface area contributed by atoms with Gasteiger partial charge in [-0.25, -0.2) is 0 Å². The van der Waals surface area contributed by atoms with Crippen LogP contribution in [0.15, 0.2) is 40.1 Å². The van der Waals surface area contributed by atoms with Crippen LogP contribution >= 0.6 is 23.4 Å². The standard InChI is InChI=1S/C19H21ClN4O2S/c1-4-9-24-18(14-8-10-26-13(14)3)22-23-19(24)27-11-17(25)21-16-7-5-6-15(20)12(16)2/h5-8,10H,4,9,11H2,1-3H3,(H,21,25).